The lowest BCUT2D eigenvalue weighted by atomic mass is 10.1. The monoisotopic (exact) mass is 372 g/mol. The minimum atomic E-state index is -4.38. The molecule has 0 saturated carbocycles. The number of rotatable bonds is 2. The predicted octanol–water partition coefficient (Wildman–Crippen LogP) is 4.98. The first-order valence-corrected chi connectivity index (χ1v) is 8.39. The normalized spacial score (nSPS) is 16.3. The zero-order chi connectivity index (χ0) is 19.7. The second-order valence-corrected chi connectivity index (χ2v) is 7.12. The van der Waals surface area contributed by atoms with E-state index in [1.165, 1.54) is 12.1 Å². The molecule has 140 valence electrons. The van der Waals surface area contributed by atoms with Gasteiger partial charge in [0.05, 0.1) is 11.3 Å². The number of hydrogen-bond donors (Lipinski definition) is 1. The van der Waals surface area contributed by atoms with Crippen molar-refractivity contribution in [1.29, 1.82) is 0 Å². The summed E-state index contributed by atoms with van der Waals surface area (Å²) in [5.74, 6) is 1.33. The average Bonchev–Trinajstić information content (AvgIpc) is 2.96. The van der Waals surface area contributed by atoms with Crippen LogP contribution in [0.3, 0.4) is 0 Å². The van der Waals surface area contributed by atoms with E-state index in [0.29, 0.717) is 23.2 Å². The van der Waals surface area contributed by atoms with Crippen molar-refractivity contribution in [3.05, 3.63) is 65.7 Å². The molecule has 1 aliphatic rings. The van der Waals surface area contributed by atoms with E-state index in [-0.39, 0.29) is 5.54 Å². The maximum atomic E-state index is 12.7. The van der Waals surface area contributed by atoms with Gasteiger partial charge in [-0.1, -0.05) is 30.3 Å². The number of halogens is 3. The van der Waals surface area contributed by atoms with Gasteiger partial charge < -0.3 is 5.32 Å². The van der Waals surface area contributed by atoms with Gasteiger partial charge in [0.25, 0.3) is 0 Å². The minimum absolute atomic E-state index is 0.276. The second kappa shape index (κ2) is 6.98. The molecule has 0 amide bonds. The molecular weight excluding hydrogens is 353 g/mol. The van der Waals surface area contributed by atoms with E-state index in [9.17, 15) is 13.2 Å². The summed E-state index contributed by atoms with van der Waals surface area (Å²) < 4.78 is 38.2. The highest BCUT2D eigenvalue weighted by molar-refractivity contribution is 6.48. The van der Waals surface area contributed by atoms with Crippen LogP contribution in [0.15, 0.2) is 69.6 Å². The third-order valence-corrected chi connectivity index (χ3v) is 3.60. The lowest BCUT2D eigenvalue weighted by molar-refractivity contribution is -0.137. The Hall–Kier alpha value is -2.96. The van der Waals surface area contributed by atoms with E-state index in [1.54, 1.807) is 0 Å². The first-order chi connectivity index (χ1) is 12.6. The Bertz CT molecular complexity index is 903. The zero-order valence-electron chi connectivity index (χ0n) is 15.2. The first kappa shape index (κ1) is 18.8. The summed E-state index contributed by atoms with van der Waals surface area (Å²) in [6.07, 6.45) is -4.38. The Kier molecular flexibility index (Phi) is 4.87. The van der Waals surface area contributed by atoms with E-state index in [4.69, 9.17) is 0 Å². The van der Waals surface area contributed by atoms with E-state index in [0.717, 1.165) is 17.7 Å². The molecule has 4 nitrogen and oxygen atoms in total. The van der Waals surface area contributed by atoms with Gasteiger partial charge in [-0.05, 0) is 45.0 Å². The topological polar surface area (TPSA) is 49.1 Å². The Balaban J connectivity index is 1.96. The highest BCUT2D eigenvalue weighted by atomic mass is 19.4. The molecule has 7 heteroatoms. The molecule has 1 aliphatic heterocycles. The zero-order valence-corrected chi connectivity index (χ0v) is 15.2. The summed E-state index contributed by atoms with van der Waals surface area (Å²) in [5, 5.41) is 3.25. The predicted molar refractivity (Wildman–Crippen MR) is 102 cm³/mol. The van der Waals surface area contributed by atoms with Crippen molar-refractivity contribution in [3.8, 4) is 0 Å². The van der Waals surface area contributed by atoms with Crippen molar-refractivity contribution < 1.29 is 13.2 Å². The van der Waals surface area contributed by atoms with Crippen LogP contribution < -0.4 is 5.32 Å². The van der Waals surface area contributed by atoms with Gasteiger partial charge >= 0.3 is 6.18 Å². The number of amidine groups is 3. The van der Waals surface area contributed by atoms with Gasteiger partial charge in [-0.25, -0.2) is 15.0 Å². The highest BCUT2D eigenvalue weighted by Gasteiger charge is 2.30. The van der Waals surface area contributed by atoms with Crippen LogP contribution in [0.25, 0.3) is 0 Å². The Labute approximate surface area is 155 Å². The van der Waals surface area contributed by atoms with Crippen LogP contribution in [0.4, 0.5) is 18.9 Å². The van der Waals surface area contributed by atoms with Crippen molar-refractivity contribution in [2.75, 3.05) is 0 Å². The van der Waals surface area contributed by atoms with Gasteiger partial charge in [0.1, 0.15) is 0 Å². The standard InChI is InChI=1S/C20H19F3N4/c1-19(2,3)27-18-17(25-16(26-18)13-7-5-4-6-8-13)24-15-11-9-14(10-12-15)20(21,22)23/h4-12H,1-3H3,(H,24,25,26,27). The average molecular weight is 372 g/mol. The van der Waals surface area contributed by atoms with Crippen molar-refractivity contribution in [2.24, 2.45) is 15.0 Å². The molecule has 0 fully saturated rings. The number of nitrogens with one attached hydrogen (secondary N) is 1. The van der Waals surface area contributed by atoms with Crippen LogP contribution in [-0.4, -0.2) is 23.0 Å². The number of nitrogens with zero attached hydrogens (tertiary/aromatic N) is 3. The SMILES string of the molecule is CC(C)(C)NC1=NC(c2ccccc2)=N/C1=N\c1ccc(C(F)(F)F)cc1. The van der Waals surface area contributed by atoms with Crippen molar-refractivity contribution >= 4 is 23.2 Å². The minimum Gasteiger partial charge on any atom is -0.362 e. The summed E-state index contributed by atoms with van der Waals surface area (Å²) in [4.78, 5) is 13.4. The summed E-state index contributed by atoms with van der Waals surface area (Å²) >= 11 is 0. The molecule has 0 unspecified atom stereocenters. The number of aliphatic imine (C=N–C) groups is 3. The van der Waals surface area contributed by atoms with E-state index in [2.05, 4.69) is 20.3 Å². The lowest BCUT2D eigenvalue weighted by Crippen LogP contribution is -2.43. The van der Waals surface area contributed by atoms with Gasteiger partial charge in [-0.2, -0.15) is 13.2 Å². The molecule has 27 heavy (non-hydrogen) atoms. The third kappa shape index (κ3) is 4.81. The van der Waals surface area contributed by atoms with Crippen molar-refractivity contribution in [2.45, 2.75) is 32.5 Å². The van der Waals surface area contributed by atoms with Crippen LogP contribution in [0.1, 0.15) is 31.9 Å². The molecule has 0 aromatic heterocycles. The molecule has 0 spiro atoms. The van der Waals surface area contributed by atoms with Crippen molar-refractivity contribution in [3.63, 3.8) is 0 Å². The Morgan fingerprint density at radius 1 is 0.852 bits per heavy atom. The highest BCUT2D eigenvalue weighted by Crippen LogP contribution is 2.30. The molecule has 1 N–H and O–H groups in total. The van der Waals surface area contributed by atoms with Gasteiger partial charge in [-0.15, -0.1) is 0 Å². The van der Waals surface area contributed by atoms with Gasteiger partial charge in [0.15, 0.2) is 17.5 Å². The van der Waals surface area contributed by atoms with Gasteiger partial charge in [-0.3, -0.25) is 0 Å². The van der Waals surface area contributed by atoms with Crippen LogP contribution in [0, 0.1) is 0 Å². The molecule has 0 radical (unpaired) electrons. The molecule has 3 rings (SSSR count). The van der Waals surface area contributed by atoms with Crippen LogP contribution in [0.2, 0.25) is 0 Å². The van der Waals surface area contributed by atoms with Crippen LogP contribution in [-0.2, 0) is 6.18 Å². The second-order valence-electron chi connectivity index (χ2n) is 7.12. The number of alkyl halides is 3. The fraction of sp³-hybridized carbons (Fsp3) is 0.250. The van der Waals surface area contributed by atoms with E-state index < -0.39 is 11.7 Å². The third-order valence-electron chi connectivity index (χ3n) is 3.60. The smallest absolute Gasteiger partial charge is 0.362 e. The maximum Gasteiger partial charge on any atom is 0.416 e. The van der Waals surface area contributed by atoms with Crippen LogP contribution in [0.5, 0.6) is 0 Å². The summed E-state index contributed by atoms with van der Waals surface area (Å²) in [5.41, 5.74) is 0.220. The van der Waals surface area contributed by atoms with Gasteiger partial charge in [0.2, 0.25) is 0 Å². The summed E-state index contributed by atoms with van der Waals surface area (Å²) in [6.45, 7) is 5.93. The van der Waals surface area contributed by atoms with Gasteiger partial charge in [0, 0.05) is 11.1 Å². The van der Waals surface area contributed by atoms with Crippen molar-refractivity contribution in [1.82, 2.24) is 5.32 Å². The molecule has 2 aromatic rings. The lowest BCUT2D eigenvalue weighted by Gasteiger charge is -2.21. The fourth-order valence-electron chi connectivity index (χ4n) is 2.41. The first-order valence-electron chi connectivity index (χ1n) is 8.39. The molecule has 0 atom stereocenters. The Morgan fingerprint density at radius 3 is 2.04 bits per heavy atom. The molecule has 2 aromatic carbocycles. The fourth-order valence-corrected chi connectivity index (χ4v) is 2.41. The maximum absolute atomic E-state index is 12.7. The van der Waals surface area contributed by atoms with E-state index >= 15 is 0 Å². The molecular formula is C20H19F3N4. The summed E-state index contributed by atoms with van der Waals surface area (Å²) in [6, 6.07) is 14.1. The molecule has 0 bridgehead atoms. The number of benzene rings is 2. The number of hydrogen-bond acceptors (Lipinski definition) is 3. The molecule has 1 heterocycles. The molecule has 0 saturated heterocycles. The van der Waals surface area contributed by atoms with E-state index in [1.807, 2.05) is 51.1 Å². The quantitative estimate of drug-likeness (QED) is 0.794. The summed E-state index contributed by atoms with van der Waals surface area (Å²) in [7, 11) is 0. The van der Waals surface area contributed by atoms with Crippen LogP contribution >= 0.6 is 0 Å². The largest absolute Gasteiger partial charge is 0.416 e. The molecule has 0 aliphatic carbocycles. The Morgan fingerprint density at radius 2 is 1.48 bits per heavy atom.